The third kappa shape index (κ3) is 8.79. The van der Waals surface area contributed by atoms with Gasteiger partial charge in [0.05, 0.1) is 11.7 Å². The summed E-state index contributed by atoms with van der Waals surface area (Å²) in [4.78, 5) is 14.4. The van der Waals surface area contributed by atoms with Crippen LogP contribution in [0.1, 0.15) is 59.8 Å². The SMILES string of the molecule is C=C/C=C\C(NC)c1ccccc1/C(N=C)=N/C(NCc1ccccc1C(C)/C=C\C=C/C)c1ccccc1-c1ccccn1. The van der Waals surface area contributed by atoms with E-state index in [1.165, 1.54) is 11.1 Å². The number of rotatable bonds is 14. The number of nitrogens with one attached hydrogen (secondary N) is 2. The van der Waals surface area contributed by atoms with E-state index in [0.717, 1.165) is 27.9 Å². The highest BCUT2D eigenvalue weighted by Gasteiger charge is 2.20. The van der Waals surface area contributed by atoms with Gasteiger partial charge in [-0.05, 0) is 55.4 Å². The monoisotopic (exact) mass is 593 g/mol. The van der Waals surface area contributed by atoms with Crippen LogP contribution in [0.3, 0.4) is 0 Å². The van der Waals surface area contributed by atoms with E-state index in [2.05, 4.69) is 108 Å². The Morgan fingerprint density at radius 1 is 0.844 bits per heavy atom. The zero-order valence-electron chi connectivity index (χ0n) is 26.5. The minimum atomic E-state index is -0.435. The maximum Gasteiger partial charge on any atom is 0.156 e. The number of benzene rings is 3. The number of hydrogen-bond acceptors (Lipinski definition) is 4. The van der Waals surface area contributed by atoms with Crippen molar-refractivity contribution in [2.75, 3.05) is 7.05 Å². The van der Waals surface area contributed by atoms with Crippen molar-refractivity contribution in [1.29, 1.82) is 0 Å². The lowest BCUT2D eigenvalue weighted by Crippen LogP contribution is -2.23. The molecule has 4 aromatic rings. The molecule has 0 fully saturated rings. The molecule has 3 atom stereocenters. The third-order valence-electron chi connectivity index (χ3n) is 7.62. The molecule has 0 saturated carbocycles. The van der Waals surface area contributed by atoms with Crippen molar-refractivity contribution in [3.63, 3.8) is 0 Å². The zero-order chi connectivity index (χ0) is 31.9. The van der Waals surface area contributed by atoms with Gasteiger partial charge in [0.2, 0.25) is 0 Å². The summed E-state index contributed by atoms with van der Waals surface area (Å²) in [7, 11) is 1.94. The van der Waals surface area contributed by atoms with Gasteiger partial charge in [0.25, 0.3) is 0 Å². The molecule has 3 unspecified atom stereocenters. The van der Waals surface area contributed by atoms with Crippen LogP contribution in [0.15, 0.2) is 156 Å². The van der Waals surface area contributed by atoms with Crippen LogP contribution in [-0.4, -0.2) is 24.6 Å². The van der Waals surface area contributed by atoms with Gasteiger partial charge in [0.15, 0.2) is 5.84 Å². The van der Waals surface area contributed by atoms with Crippen molar-refractivity contribution in [3.05, 3.63) is 174 Å². The second-order valence-corrected chi connectivity index (χ2v) is 10.6. The summed E-state index contributed by atoms with van der Waals surface area (Å²) in [5.41, 5.74) is 7.34. The Morgan fingerprint density at radius 3 is 2.27 bits per heavy atom. The fourth-order valence-corrected chi connectivity index (χ4v) is 5.34. The summed E-state index contributed by atoms with van der Waals surface area (Å²) in [6, 6.07) is 30.9. The van der Waals surface area contributed by atoms with Gasteiger partial charge < -0.3 is 5.32 Å². The fraction of sp³-hybridized carbons (Fsp3) is 0.175. The lowest BCUT2D eigenvalue weighted by atomic mass is 9.94. The van der Waals surface area contributed by atoms with E-state index >= 15 is 0 Å². The van der Waals surface area contributed by atoms with Crippen molar-refractivity contribution in [3.8, 4) is 11.3 Å². The van der Waals surface area contributed by atoms with E-state index in [0.29, 0.717) is 12.4 Å². The standard InChI is InChI=1S/C40H43N5/c1-6-8-10-19-30(3)32-21-12-11-20-31(32)29-44-40(36-25-16-14-23-34(36)38-27-17-18-28-43-38)45-39(42-5)35-24-15-13-22-33(35)37(41-4)26-9-7-2/h6-28,30,37,40-41,44H,2,5,29H2,1,3-4H3/b8-6-,19-10-,26-9-,45-39-. The number of aromatic nitrogens is 1. The van der Waals surface area contributed by atoms with Gasteiger partial charge in [-0.3, -0.25) is 10.3 Å². The van der Waals surface area contributed by atoms with Crippen molar-refractivity contribution in [1.82, 2.24) is 15.6 Å². The molecular formula is C40H43N5. The molecule has 0 aliphatic rings. The van der Waals surface area contributed by atoms with Crippen LogP contribution in [0.5, 0.6) is 0 Å². The number of likely N-dealkylation sites (N-methyl/N-ethyl adjacent to an activating group) is 1. The number of aliphatic imine (C=N–C) groups is 2. The van der Waals surface area contributed by atoms with E-state index < -0.39 is 6.17 Å². The molecule has 0 aliphatic carbocycles. The van der Waals surface area contributed by atoms with E-state index in [-0.39, 0.29) is 12.0 Å². The van der Waals surface area contributed by atoms with Crippen molar-refractivity contribution in [2.24, 2.45) is 9.98 Å². The predicted octanol–water partition coefficient (Wildman–Crippen LogP) is 8.92. The second kappa shape index (κ2) is 17.4. The largest absolute Gasteiger partial charge is 0.310 e. The Hall–Kier alpha value is -4.97. The Kier molecular flexibility index (Phi) is 12.7. The summed E-state index contributed by atoms with van der Waals surface area (Å²) >= 11 is 0. The summed E-state index contributed by atoms with van der Waals surface area (Å²) < 4.78 is 0. The highest BCUT2D eigenvalue weighted by molar-refractivity contribution is 6.03. The molecule has 5 heteroatoms. The van der Waals surface area contributed by atoms with Crippen LogP contribution in [0, 0.1) is 0 Å². The molecule has 3 aromatic carbocycles. The number of nitrogens with zero attached hydrogens (tertiary/aromatic N) is 3. The first-order chi connectivity index (χ1) is 22.1. The van der Waals surface area contributed by atoms with Crippen LogP contribution in [0.2, 0.25) is 0 Å². The van der Waals surface area contributed by atoms with Crippen LogP contribution in [0.4, 0.5) is 0 Å². The quantitative estimate of drug-likeness (QED) is 0.0872. The van der Waals surface area contributed by atoms with Gasteiger partial charge in [-0.1, -0.05) is 135 Å². The molecule has 45 heavy (non-hydrogen) atoms. The van der Waals surface area contributed by atoms with E-state index in [1.54, 1.807) is 6.08 Å². The molecule has 1 aromatic heterocycles. The molecule has 0 bridgehead atoms. The molecule has 0 amide bonds. The Morgan fingerprint density at radius 2 is 1.56 bits per heavy atom. The molecule has 4 rings (SSSR count). The molecular weight excluding hydrogens is 550 g/mol. The molecule has 0 aliphatic heterocycles. The van der Waals surface area contributed by atoms with Crippen molar-refractivity contribution in [2.45, 2.75) is 38.5 Å². The van der Waals surface area contributed by atoms with Crippen molar-refractivity contribution >= 4 is 12.6 Å². The zero-order valence-corrected chi connectivity index (χ0v) is 26.5. The number of hydrogen-bond donors (Lipinski definition) is 2. The van der Waals surface area contributed by atoms with Gasteiger partial charge in [0.1, 0.15) is 6.17 Å². The maximum absolute atomic E-state index is 5.28. The van der Waals surface area contributed by atoms with Gasteiger partial charge in [0, 0.05) is 29.4 Å². The summed E-state index contributed by atoms with van der Waals surface area (Å²) in [5.74, 6) is 0.809. The maximum atomic E-state index is 5.28. The first kappa shape index (κ1) is 32.9. The fourth-order valence-electron chi connectivity index (χ4n) is 5.34. The Balaban J connectivity index is 1.82. The minimum absolute atomic E-state index is 0.0534. The lowest BCUT2D eigenvalue weighted by molar-refractivity contribution is 0.552. The van der Waals surface area contributed by atoms with Gasteiger partial charge in [-0.25, -0.2) is 9.98 Å². The normalized spacial score (nSPS) is 14.2. The summed E-state index contributed by atoms with van der Waals surface area (Å²) in [6.07, 6.45) is 15.6. The van der Waals surface area contributed by atoms with Gasteiger partial charge in [-0.15, -0.1) is 0 Å². The van der Waals surface area contributed by atoms with Crippen LogP contribution < -0.4 is 10.6 Å². The van der Waals surface area contributed by atoms with Crippen LogP contribution >= 0.6 is 0 Å². The molecule has 5 nitrogen and oxygen atoms in total. The molecule has 0 spiro atoms. The smallest absolute Gasteiger partial charge is 0.156 e. The average Bonchev–Trinajstić information content (AvgIpc) is 3.09. The predicted molar refractivity (Wildman–Crippen MR) is 192 cm³/mol. The van der Waals surface area contributed by atoms with E-state index in [4.69, 9.17) is 4.99 Å². The minimum Gasteiger partial charge on any atom is -0.310 e. The molecule has 0 radical (unpaired) electrons. The van der Waals surface area contributed by atoms with Crippen molar-refractivity contribution < 1.29 is 0 Å². The highest BCUT2D eigenvalue weighted by Crippen LogP contribution is 2.30. The van der Waals surface area contributed by atoms with Crippen LogP contribution in [-0.2, 0) is 6.54 Å². The molecule has 0 saturated heterocycles. The second-order valence-electron chi connectivity index (χ2n) is 10.6. The molecule has 1 heterocycles. The van der Waals surface area contributed by atoms with E-state index in [1.807, 2.05) is 80.9 Å². The third-order valence-corrected chi connectivity index (χ3v) is 7.62. The average molecular weight is 594 g/mol. The lowest BCUT2D eigenvalue weighted by Gasteiger charge is -2.22. The first-order valence-electron chi connectivity index (χ1n) is 15.3. The summed E-state index contributed by atoms with van der Waals surface area (Å²) in [5, 5.41) is 7.16. The summed E-state index contributed by atoms with van der Waals surface area (Å²) in [6.45, 7) is 12.6. The Bertz CT molecular complexity index is 1670. The molecule has 228 valence electrons. The number of pyridine rings is 1. The molecule has 2 N–H and O–H groups in total. The number of amidine groups is 1. The first-order valence-corrected chi connectivity index (χ1v) is 15.3. The van der Waals surface area contributed by atoms with Gasteiger partial charge in [-0.2, -0.15) is 0 Å². The van der Waals surface area contributed by atoms with E-state index in [9.17, 15) is 0 Å². The number of allylic oxidation sites excluding steroid dienone is 6. The highest BCUT2D eigenvalue weighted by atomic mass is 15.1. The Labute approximate surface area is 268 Å². The topological polar surface area (TPSA) is 61.7 Å². The van der Waals surface area contributed by atoms with Gasteiger partial charge >= 0.3 is 0 Å². The van der Waals surface area contributed by atoms with Crippen LogP contribution in [0.25, 0.3) is 11.3 Å².